The fourth-order valence-electron chi connectivity index (χ4n) is 1.70. The molecule has 2 rings (SSSR count). The second kappa shape index (κ2) is 7.28. The van der Waals surface area contributed by atoms with E-state index in [2.05, 4.69) is 14.4 Å². The van der Waals surface area contributed by atoms with Gasteiger partial charge in [0.1, 0.15) is 0 Å². The van der Waals surface area contributed by atoms with Gasteiger partial charge in [-0.3, -0.25) is 4.98 Å². The average molecular weight is 307 g/mol. The highest BCUT2D eigenvalue weighted by Gasteiger charge is 2.13. The second-order valence-electron chi connectivity index (χ2n) is 4.46. The Balaban J connectivity index is 1.84. The molecule has 0 radical (unpaired) electrons. The molecule has 21 heavy (non-hydrogen) atoms. The van der Waals surface area contributed by atoms with Crippen LogP contribution in [-0.4, -0.2) is 25.1 Å². The molecule has 7 heteroatoms. The van der Waals surface area contributed by atoms with Crippen LogP contribution in [0.1, 0.15) is 17.2 Å². The maximum atomic E-state index is 11.8. The molecule has 0 aliphatic heterocycles. The minimum Gasteiger partial charge on any atom is -0.387 e. The maximum Gasteiger partial charge on any atom is 0.277 e. The summed E-state index contributed by atoms with van der Waals surface area (Å²) >= 11 is 0. The summed E-state index contributed by atoms with van der Waals surface area (Å²) in [5, 5.41) is 9.87. The Morgan fingerprint density at radius 3 is 2.52 bits per heavy atom. The molecule has 0 fully saturated rings. The minimum absolute atomic E-state index is 0.115. The molecule has 0 bridgehead atoms. The van der Waals surface area contributed by atoms with Crippen LogP contribution in [0, 0.1) is 0 Å². The largest absolute Gasteiger partial charge is 0.387 e. The molecular formula is C14H17N3O3S. The third kappa shape index (κ3) is 5.24. The molecule has 6 nitrogen and oxygen atoms in total. The Kier molecular flexibility index (Phi) is 5.40. The Labute approximate surface area is 124 Å². The van der Waals surface area contributed by atoms with Gasteiger partial charge in [0.15, 0.2) is 0 Å². The number of aliphatic hydroxyl groups excluding tert-OH is 1. The number of aromatic nitrogens is 1. The molecule has 0 aliphatic rings. The number of nitrogens with one attached hydrogen (secondary N) is 2. The van der Waals surface area contributed by atoms with Crippen molar-refractivity contribution in [3.63, 3.8) is 0 Å². The molecule has 1 aromatic carbocycles. The van der Waals surface area contributed by atoms with Gasteiger partial charge in [0, 0.05) is 31.0 Å². The van der Waals surface area contributed by atoms with E-state index in [1.807, 2.05) is 30.3 Å². The van der Waals surface area contributed by atoms with Crippen LogP contribution in [0.4, 0.5) is 0 Å². The van der Waals surface area contributed by atoms with Gasteiger partial charge in [-0.25, -0.2) is 0 Å². The molecule has 1 unspecified atom stereocenters. The van der Waals surface area contributed by atoms with Gasteiger partial charge in [-0.05, 0) is 11.6 Å². The molecule has 0 aliphatic carbocycles. The van der Waals surface area contributed by atoms with Gasteiger partial charge in [-0.15, -0.1) is 0 Å². The molecule has 0 saturated carbocycles. The van der Waals surface area contributed by atoms with Gasteiger partial charge >= 0.3 is 0 Å². The van der Waals surface area contributed by atoms with Crippen LogP contribution < -0.4 is 9.44 Å². The van der Waals surface area contributed by atoms with Crippen LogP contribution in [-0.2, 0) is 16.8 Å². The number of hydrogen-bond acceptors (Lipinski definition) is 4. The van der Waals surface area contributed by atoms with Gasteiger partial charge in [0.25, 0.3) is 10.2 Å². The predicted molar refractivity (Wildman–Crippen MR) is 79.4 cm³/mol. The quantitative estimate of drug-likeness (QED) is 0.703. The molecule has 0 saturated heterocycles. The zero-order valence-corrected chi connectivity index (χ0v) is 12.1. The van der Waals surface area contributed by atoms with Crippen molar-refractivity contribution in [3.8, 4) is 0 Å². The van der Waals surface area contributed by atoms with Crippen LogP contribution in [0.25, 0.3) is 0 Å². The normalized spacial score (nSPS) is 13.0. The molecule has 1 heterocycles. The van der Waals surface area contributed by atoms with E-state index in [1.54, 1.807) is 18.3 Å². The molecular weight excluding hydrogens is 290 g/mol. The van der Waals surface area contributed by atoms with Crippen molar-refractivity contribution in [1.29, 1.82) is 0 Å². The van der Waals surface area contributed by atoms with Crippen LogP contribution in [0.15, 0.2) is 54.9 Å². The summed E-state index contributed by atoms with van der Waals surface area (Å²) in [5.41, 5.74) is 1.42. The first-order chi connectivity index (χ1) is 10.1. The highest BCUT2D eigenvalue weighted by molar-refractivity contribution is 7.87. The molecule has 1 aromatic heterocycles. The highest BCUT2D eigenvalue weighted by atomic mass is 32.2. The lowest BCUT2D eigenvalue weighted by Crippen LogP contribution is -2.38. The Bertz CT molecular complexity index is 648. The molecule has 3 N–H and O–H groups in total. The van der Waals surface area contributed by atoms with Gasteiger partial charge in [-0.2, -0.15) is 17.9 Å². The topological polar surface area (TPSA) is 91.3 Å². The average Bonchev–Trinajstić information content (AvgIpc) is 2.53. The summed E-state index contributed by atoms with van der Waals surface area (Å²) in [5.74, 6) is 0. The smallest absolute Gasteiger partial charge is 0.277 e. The number of benzene rings is 1. The first-order valence-electron chi connectivity index (χ1n) is 6.43. The Hall–Kier alpha value is -1.80. The summed E-state index contributed by atoms with van der Waals surface area (Å²) < 4.78 is 28.3. The summed E-state index contributed by atoms with van der Waals surface area (Å²) in [4.78, 5) is 3.87. The zero-order chi connectivity index (χ0) is 15.1. The Morgan fingerprint density at radius 1 is 1.10 bits per heavy atom. The number of aliphatic hydroxyl groups is 1. The Morgan fingerprint density at radius 2 is 1.86 bits per heavy atom. The van der Waals surface area contributed by atoms with Gasteiger partial charge in [0.05, 0.1) is 6.10 Å². The first-order valence-corrected chi connectivity index (χ1v) is 7.91. The van der Waals surface area contributed by atoms with Crippen molar-refractivity contribution in [2.24, 2.45) is 0 Å². The number of pyridine rings is 1. The van der Waals surface area contributed by atoms with E-state index in [9.17, 15) is 13.5 Å². The SMILES string of the molecule is O=S(=O)(NCc1ccccc1)NCC(O)c1cccnc1. The number of nitrogens with zero attached hydrogens (tertiary/aromatic N) is 1. The zero-order valence-electron chi connectivity index (χ0n) is 11.3. The van der Waals surface area contributed by atoms with Crippen LogP contribution in [0.3, 0.4) is 0 Å². The van der Waals surface area contributed by atoms with Gasteiger partial charge in [0.2, 0.25) is 0 Å². The van der Waals surface area contributed by atoms with Crippen molar-refractivity contribution in [2.75, 3.05) is 6.54 Å². The van der Waals surface area contributed by atoms with Crippen LogP contribution in [0.5, 0.6) is 0 Å². The van der Waals surface area contributed by atoms with E-state index in [4.69, 9.17) is 0 Å². The lowest BCUT2D eigenvalue weighted by molar-refractivity contribution is 0.181. The molecule has 0 spiro atoms. The third-order valence-electron chi connectivity index (χ3n) is 2.85. The highest BCUT2D eigenvalue weighted by Crippen LogP contribution is 2.09. The third-order valence-corrected chi connectivity index (χ3v) is 3.92. The summed E-state index contributed by atoms with van der Waals surface area (Å²) in [6.07, 6.45) is 2.14. The maximum absolute atomic E-state index is 11.8. The summed E-state index contributed by atoms with van der Waals surface area (Å²) in [6.45, 7) is 0.0784. The van der Waals surface area contributed by atoms with E-state index in [-0.39, 0.29) is 13.1 Å². The summed E-state index contributed by atoms with van der Waals surface area (Å²) in [7, 11) is -3.66. The lowest BCUT2D eigenvalue weighted by Gasteiger charge is -2.12. The minimum atomic E-state index is -3.66. The molecule has 0 amide bonds. The van der Waals surface area contributed by atoms with Crippen LogP contribution >= 0.6 is 0 Å². The van der Waals surface area contributed by atoms with Crippen molar-refractivity contribution >= 4 is 10.2 Å². The fourth-order valence-corrected chi connectivity index (χ4v) is 2.54. The second-order valence-corrected chi connectivity index (χ2v) is 6.04. The lowest BCUT2D eigenvalue weighted by atomic mass is 10.2. The van der Waals surface area contributed by atoms with Gasteiger partial charge < -0.3 is 5.11 Å². The monoisotopic (exact) mass is 307 g/mol. The number of rotatable bonds is 7. The standard InChI is InChI=1S/C14H17N3O3S/c18-14(13-7-4-8-15-10-13)11-17-21(19,20)16-9-12-5-2-1-3-6-12/h1-8,10,14,16-18H,9,11H2. The summed E-state index contributed by atoms with van der Waals surface area (Å²) in [6, 6.07) is 12.6. The fraction of sp³-hybridized carbons (Fsp3) is 0.214. The van der Waals surface area contributed by atoms with E-state index < -0.39 is 16.3 Å². The first kappa shape index (κ1) is 15.6. The molecule has 2 aromatic rings. The van der Waals surface area contributed by atoms with Crippen molar-refractivity contribution in [2.45, 2.75) is 12.6 Å². The van der Waals surface area contributed by atoms with Gasteiger partial charge in [-0.1, -0.05) is 36.4 Å². The number of hydrogen-bond donors (Lipinski definition) is 3. The van der Waals surface area contributed by atoms with Crippen molar-refractivity contribution in [3.05, 3.63) is 66.0 Å². The van der Waals surface area contributed by atoms with Crippen molar-refractivity contribution in [1.82, 2.24) is 14.4 Å². The van der Waals surface area contributed by atoms with E-state index in [0.29, 0.717) is 5.56 Å². The predicted octanol–water partition coefficient (Wildman–Crippen LogP) is 0.739. The van der Waals surface area contributed by atoms with E-state index in [0.717, 1.165) is 5.56 Å². The molecule has 112 valence electrons. The van der Waals surface area contributed by atoms with Crippen LogP contribution in [0.2, 0.25) is 0 Å². The molecule has 1 atom stereocenters. The van der Waals surface area contributed by atoms with E-state index in [1.165, 1.54) is 6.20 Å². The van der Waals surface area contributed by atoms with E-state index >= 15 is 0 Å². The van der Waals surface area contributed by atoms with Crippen molar-refractivity contribution < 1.29 is 13.5 Å².